The molecule has 1 aromatic heterocycles. The van der Waals surface area contributed by atoms with E-state index in [1.807, 2.05) is 33.8 Å². The number of carbonyl (C=O) groups is 1. The molecule has 0 radical (unpaired) electrons. The lowest BCUT2D eigenvalue weighted by molar-refractivity contribution is 0.0691. The number of methoxy groups -OCH3 is 1. The third-order valence-electron chi connectivity index (χ3n) is 2.72. The highest BCUT2D eigenvalue weighted by molar-refractivity contribution is 5.90. The molecule has 0 aliphatic carbocycles. The van der Waals surface area contributed by atoms with Gasteiger partial charge in [0.1, 0.15) is 5.56 Å². The standard InChI is InChI=1S/C15H24N2O4/c1-11(2)9-21-13-12(14(18)19)8-16-17(13)7-6-15(3,4)10-20-5/h6-8,11H,9-10H2,1-5H3,(H,18,19)/b7-6+. The number of hydrogen-bond donors (Lipinski definition) is 1. The Labute approximate surface area is 125 Å². The fourth-order valence-electron chi connectivity index (χ4n) is 1.69. The molecule has 6 heteroatoms. The minimum Gasteiger partial charge on any atom is -0.477 e. The monoisotopic (exact) mass is 296 g/mol. The lowest BCUT2D eigenvalue weighted by Crippen LogP contribution is -2.15. The molecule has 0 atom stereocenters. The molecule has 1 heterocycles. The number of aromatic carboxylic acids is 1. The quantitative estimate of drug-likeness (QED) is 0.798. The number of rotatable bonds is 8. The first kappa shape index (κ1) is 17.2. The van der Waals surface area contributed by atoms with Crippen molar-refractivity contribution in [1.29, 1.82) is 0 Å². The minimum atomic E-state index is -1.05. The highest BCUT2D eigenvalue weighted by atomic mass is 16.5. The van der Waals surface area contributed by atoms with Crippen molar-refractivity contribution in [3.05, 3.63) is 17.8 Å². The number of ether oxygens (including phenoxy) is 2. The van der Waals surface area contributed by atoms with Crippen molar-refractivity contribution >= 4 is 12.2 Å². The zero-order valence-electron chi connectivity index (χ0n) is 13.3. The molecule has 0 aliphatic heterocycles. The van der Waals surface area contributed by atoms with Crippen molar-refractivity contribution in [1.82, 2.24) is 9.78 Å². The highest BCUT2D eigenvalue weighted by Gasteiger charge is 2.19. The maximum atomic E-state index is 11.2. The van der Waals surface area contributed by atoms with E-state index >= 15 is 0 Å². The maximum absolute atomic E-state index is 11.2. The fraction of sp³-hybridized carbons (Fsp3) is 0.600. The average molecular weight is 296 g/mol. The number of carboxylic acid groups (broad SMARTS) is 1. The number of carboxylic acids is 1. The van der Waals surface area contributed by atoms with Crippen molar-refractivity contribution in [3.63, 3.8) is 0 Å². The minimum absolute atomic E-state index is 0.0600. The molecular weight excluding hydrogens is 272 g/mol. The van der Waals surface area contributed by atoms with Crippen LogP contribution >= 0.6 is 0 Å². The predicted molar refractivity (Wildman–Crippen MR) is 80.5 cm³/mol. The number of aromatic nitrogens is 2. The normalized spacial score (nSPS) is 12.3. The Kier molecular flexibility index (Phi) is 5.96. The Morgan fingerprint density at radius 2 is 2.19 bits per heavy atom. The molecule has 0 saturated heterocycles. The van der Waals surface area contributed by atoms with Gasteiger partial charge in [0.25, 0.3) is 0 Å². The zero-order chi connectivity index (χ0) is 16.0. The predicted octanol–water partition coefficient (Wildman–Crippen LogP) is 2.76. The molecule has 118 valence electrons. The van der Waals surface area contributed by atoms with Gasteiger partial charge in [-0.1, -0.05) is 33.8 Å². The summed E-state index contributed by atoms with van der Waals surface area (Å²) in [6.07, 6.45) is 4.92. The Morgan fingerprint density at radius 1 is 1.52 bits per heavy atom. The van der Waals surface area contributed by atoms with Crippen LogP contribution in [-0.2, 0) is 4.74 Å². The zero-order valence-corrected chi connectivity index (χ0v) is 13.3. The second kappa shape index (κ2) is 7.26. The van der Waals surface area contributed by atoms with Crippen molar-refractivity contribution < 1.29 is 19.4 Å². The van der Waals surface area contributed by atoms with E-state index in [1.54, 1.807) is 13.3 Å². The first-order valence-corrected chi connectivity index (χ1v) is 6.88. The second-order valence-electron chi connectivity index (χ2n) is 6.06. The van der Waals surface area contributed by atoms with Crippen molar-refractivity contribution in [2.75, 3.05) is 20.3 Å². The molecule has 0 saturated carbocycles. The molecule has 0 amide bonds. The molecular formula is C15H24N2O4. The van der Waals surface area contributed by atoms with Gasteiger partial charge in [0.15, 0.2) is 0 Å². The SMILES string of the molecule is COCC(C)(C)/C=C/n1ncc(C(=O)O)c1OCC(C)C. The lowest BCUT2D eigenvalue weighted by Gasteiger charge is -2.18. The molecule has 21 heavy (non-hydrogen) atoms. The van der Waals surface area contributed by atoms with Crippen LogP contribution in [0.15, 0.2) is 12.3 Å². The summed E-state index contributed by atoms with van der Waals surface area (Å²) in [4.78, 5) is 11.2. The van der Waals surface area contributed by atoms with Crippen LogP contribution in [0.3, 0.4) is 0 Å². The van der Waals surface area contributed by atoms with Gasteiger partial charge in [-0.2, -0.15) is 5.10 Å². The largest absolute Gasteiger partial charge is 0.477 e. The van der Waals surface area contributed by atoms with E-state index in [1.165, 1.54) is 10.9 Å². The van der Waals surface area contributed by atoms with E-state index in [2.05, 4.69) is 5.10 Å². The first-order chi connectivity index (χ1) is 9.76. The second-order valence-corrected chi connectivity index (χ2v) is 6.06. The van der Waals surface area contributed by atoms with Gasteiger partial charge in [0.2, 0.25) is 5.88 Å². The summed E-state index contributed by atoms with van der Waals surface area (Å²) in [6.45, 7) is 9.02. The highest BCUT2D eigenvalue weighted by Crippen LogP contribution is 2.22. The maximum Gasteiger partial charge on any atom is 0.342 e. The van der Waals surface area contributed by atoms with Crippen LogP contribution in [0.4, 0.5) is 0 Å². The van der Waals surface area contributed by atoms with E-state index in [-0.39, 0.29) is 16.9 Å². The van der Waals surface area contributed by atoms with Gasteiger partial charge in [-0.25, -0.2) is 9.48 Å². The van der Waals surface area contributed by atoms with Gasteiger partial charge in [-0.3, -0.25) is 0 Å². The van der Waals surface area contributed by atoms with E-state index in [4.69, 9.17) is 9.47 Å². The summed E-state index contributed by atoms with van der Waals surface area (Å²) < 4.78 is 12.2. The Hall–Kier alpha value is -1.82. The lowest BCUT2D eigenvalue weighted by atomic mass is 9.95. The molecule has 6 nitrogen and oxygen atoms in total. The molecule has 0 aliphatic rings. The fourth-order valence-corrected chi connectivity index (χ4v) is 1.69. The van der Waals surface area contributed by atoms with Crippen LogP contribution in [0.2, 0.25) is 0 Å². The van der Waals surface area contributed by atoms with Gasteiger partial charge in [-0.15, -0.1) is 0 Å². The number of hydrogen-bond acceptors (Lipinski definition) is 4. The summed E-state index contributed by atoms with van der Waals surface area (Å²) in [5.41, 5.74) is -0.121. The summed E-state index contributed by atoms with van der Waals surface area (Å²) in [5, 5.41) is 13.2. The van der Waals surface area contributed by atoms with E-state index in [9.17, 15) is 9.90 Å². The molecule has 0 spiro atoms. The van der Waals surface area contributed by atoms with E-state index in [0.717, 1.165) is 0 Å². The summed E-state index contributed by atoms with van der Waals surface area (Å²) >= 11 is 0. The van der Waals surface area contributed by atoms with Gasteiger partial charge < -0.3 is 14.6 Å². The van der Waals surface area contributed by atoms with E-state index < -0.39 is 5.97 Å². The van der Waals surface area contributed by atoms with Crippen LogP contribution in [-0.4, -0.2) is 41.2 Å². The third-order valence-corrected chi connectivity index (χ3v) is 2.72. The van der Waals surface area contributed by atoms with Crippen LogP contribution in [0.25, 0.3) is 6.20 Å². The molecule has 0 aromatic carbocycles. The average Bonchev–Trinajstić information content (AvgIpc) is 2.77. The van der Waals surface area contributed by atoms with E-state index in [0.29, 0.717) is 19.1 Å². The molecule has 0 bridgehead atoms. The topological polar surface area (TPSA) is 73.6 Å². The molecule has 0 unspecified atom stereocenters. The Balaban J connectivity index is 3.01. The van der Waals surface area contributed by atoms with Crippen LogP contribution in [0.5, 0.6) is 5.88 Å². The third kappa shape index (κ3) is 5.23. The molecule has 1 N–H and O–H groups in total. The van der Waals surface area contributed by atoms with Crippen molar-refractivity contribution in [2.45, 2.75) is 27.7 Å². The molecule has 1 rings (SSSR count). The van der Waals surface area contributed by atoms with Crippen molar-refractivity contribution in [2.24, 2.45) is 11.3 Å². The summed E-state index contributed by atoms with van der Waals surface area (Å²) in [5.74, 6) is -0.505. The molecule has 0 fully saturated rings. The summed E-state index contributed by atoms with van der Waals surface area (Å²) in [6, 6.07) is 0. The van der Waals surface area contributed by atoms with Gasteiger partial charge in [-0.05, 0) is 5.92 Å². The van der Waals surface area contributed by atoms with Crippen LogP contribution in [0, 0.1) is 11.3 Å². The summed E-state index contributed by atoms with van der Waals surface area (Å²) in [7, 11) is 1.64. The number of nitrogens with zero attached hydrogens (tertiary/aromatic N) is 2. The molecule has 1 aromatic rings. The van der Waals surface area contributed by atoms with Crippen molar-refractivity contribution in [3.8, 4) is 5.88 Å². The Morgan fingerprint density at radius 3 is 2.71 bits per heavy atom. The van der Waals surface area contributed by atoms with Gasteiger partial charge in [0.05, 0.1) is 19.4 Å². The Bertz CT molecular complexity index is 504. The van der Waals surface area contributed by atoms with Gasteiger partial charge in [0, 0.05) is 18.7 Å². The van der Waals surface area contributed by atoms with Crippen LogP contribution in [0.1, 0.15) is 38.1 Å². The van der Waals surface area contributed by atoms with Gasteiger partial charge >= 0.3 is 5.97 Å². The van der Waals surface area contributed by atoms with Crippen LogP contribution < -0.4 is 4.74 Å². The smallest absolute Gasteiger partial charge is 0.342 e. The first-order valence-electron chi connectivity index (χ1n) is 6.88.